The zero-order valence-corrected chi connectivity index (χ0v) is 13.0. The minimum Gasteiger partial charge on any atom is -0.480 e. The van der Waals surface area contributed by atoms with Crippen LogP contribution < -0.4 is 5.32 Å². The molecule has 1 aliphatic heterocycles. The number of carboxylic acids is 1. The molecule has 0 radical (unpaired) electrons. The molecule has 0 unspecified atom stereocenters. The van der Waals surface area contributed by atoms with Gasteiger partial charge >= 0.3 is 5.97 Å². The number of ether oxygens (including phenoxy) is 1. The molecule has 1 fully saturated rings. The number of H-pyrrole nitrogens is 1. The summed E-state index contributed by atoms with van der Waals surface area (Å²) < 4.78 is 5.22. The van der Waals surface area contributed by atoms with Crippen molar-refractivity contribution in [3.8, 4) is 0 Å². The highest BCUT2D eigenvalue weighted by atomic mass is 16.5. The number of benzene rings is 1. The third kappa shape index (κ3) is 2.94. The van der Waals surface area contributed by atoms with E-state index in [-0.39, 0.29) is 12.3 Å². The maximum Gasteiger partial charge on any atom is 0.329 e. The lowest BCUT2D eigenvalue weighted by atomic mass is 9.89. The Labute approximate surface area is 133 Å². The Morgan fingerprint density at radius 2 is 2.00 bits per heavy atom. The Morgan fingerprint density at radius 1 is 1.30 bits per heavy atom. The number of para-hydroxylation sites is 1. The van der Waals surface area contributed by atoms with Crippen LogP contribution in [0, 0.1) is 6.92 Å². The molecule has 23 heavy (non-hydrogen) atoms. The number of carbonyl (C=O) groups excluding carboxylic acids is 1. The first-order valence-corrected chi connectivity index (χ1v) is 7.70. The molecule has 1 amide bonds. The van der Waals surface area contributed by atoms with Crippen LogP contribution in [-0.4, -0.2) is 40.7 Å². The molecule has 0 spiro atoms. The van der Waals surface area contributed by atoms with E-state index in [9.17, 15) is 14.7 Å². The molecule has 1 saturated heterocycles. The minimum atomic E-state index is -1.21. The summed E-state index contributed by atoms with van der Waals surface area (Å²) in [5, 5.41) is 13.2. The van der Waals surface area contributed by atoms with Crippen molar-refractivity contribution in [3.63, 3.8) is 0 Å². The molecular weight excluding hydrogens is 296 g/mol. The molecule has 0 saturated carbocycles. The van der Waals surface area contributed by atoms with E-state index < -0.39 is 11.5 Å². The molecule has 1 aliphatic rings. The predicted molar refractivity (Wildman–Crippen MR) is 85.3 cm³/mol. The van der Waals surface area contributed by atoms with Gasteiger partial charge in [-0.15, -0.1) is 0 Å². The maximum absolute atomic E-state index is 12.5. The van der Waals surface area contributed by atoms with Crippen molar-refractivity contribution in [1.82, 2.24) is 10.3 Å². The molecule has 0 aliphatic carbocycles. The number of hydrogen-bond donors (Lipinski definition) is 3. The van der Waals surface area contributed by atoms with Crippen molar-refractivity contribution in [1.29, 1.82) is 0 Å². The van der Waals surface area contributed by atoms with Crippen LogP contribution in [-0.2, 0) is 20.7 Å². The van der Waals surface area contributed by atoms with Crippen molar-refractivity contribution < 1.29 is 19.4 Å². The van der Waals surface area contributed by atoms with Crippen molar-refractivity contribution in [2.75, 3.05) is 13.2 Å². The standard InChI is InChI=1S/C17H20N2O4/c1-11-13(12-4-2-3-5-14(12)18-11)10-15(20)19-17(16(21)22)6-8-23-9-7-17/h2-5,18H,6-10H2,1H3,(H,19,20)(H,21,22). The quantitative estimate of drug-likeness (QED) is 0.801. The van der Waals surface area contributed by atoms with Gasteiger partial charge in [0.25, 0.3) is 0 Å². The smallest absolute Gasteiger partial charge is 0.329 e. The molecule has 0 bridgehead atoms. The molecule has 3 N–H and O–H groups in total. The first-order chi connectivity index (χ1) is 11.0. The summed E-state index contributed by atoms with van der Waals surface area (Å²) in [5.74, 6) is -1.27. The van der Waals surface area contributed by atoms with E-state index in [0.29, 0.717) is 26.1 Å². The number of amides is 1. The minimum absolute atomic E-state index is 0.158. The molecule has 122 valence electrons. The average Bonchev–Trinajstić information content (AvgIpc) is 2.84. The van der Waals surface area contributed by atoms with Crippen LogP contribution in [0.15, 0.2) is 24.3 Å². The number of carbonyl (C=O) groups is 2. The van der Waals surface area contributed by atoms with E-state index in [0.717, 1.165) is 22.2 Å². The van der Waals surface area contributed by atoms with Crippen LogP contribution in [0.2, 0.25) is 0 Å². The number of rotatable bonds is 4. The highest BCUT2D eigenvalue weighted by molar-refractivity contribution is 5.92. The summed E-state index contributed by atoms with van der Waals surface area (Å²) in [6, 6.07) is 7.78. The Balaban J connectivity index is 1.80. The van der Waals surface area contributed by atoms with Gasteiger partial charge in [0, 0.05) is 42.7 Å². The lowest BCUT2D eigenvalue weighted by Gasteiger charge is -2.33. The predicted octanol–water partition coefficient (Wildman–Crippen LogP) is 1.77. The third-order valence-corrected chi connectivity index (χ3v) is 4.50. The SMILES string of the molecule is Cc1[nH]c2ccccc2c1CC(=O)NC1(C(=O)O)CCOCC1. The van der Waals surface area contributed by atoms with Gasteiger partial charge < -0.3 is 20.1 Å². The summed E-state index contributed by atoms with van der Waals surface area (Å²) in [4.78, 5) is 27.3. The molecule has 6 heteroatoms. The van der Waals surface area contributed by atoms with Crippen LogP contribution in [0.5, 0.6) is 0 Å². The first-order valence-electron chi connectivity index (χ1n) is 7.70. The van der Waals surface area contributed by atoms with Gasteiger partial charge in [0.15, 0.2) is 0 Å². The zero-order valence-electron chi connectivity index (χ0n) is 13.0. The van der Waals surface area contributed by atoms with Crippen LogP contribution >= 0.6 is 0 Å². The highest BCUT2D eigenvalue weighted by Crippen LogP contribution is 2.24. The number of aryl methyl sites for hydroxylation is 1. The van der Waals surface area contributed by atoms with E-state index in [1.54, 1.807) is 0 Å². The van der Waals surface area contributed by atoms with Crippen LogP contribution in [0.4, 0.5) is 0 Å². The summed E-state index contributed by atoms with van der Waals surface area (Å²) >= 11 is 0. The van der Waals surface area contributed by atoms with E-state index in [4.69, 9.17) is 4.74 Å². The molecule has 3 rings (SSSR count). The second-order valence-electron chi connectivity index (χ2n) is 6.00. The second-order valence-corrected chi connectivity index (χ2v) is 6.00. The zero-order chi connectivity index (χ0) is 16.4. The van der Waals surface area contributed by atoms with E-state index >= 15 is 0 Å². The van der Waals surface area contributed by atoms with Crippen molar-refractivity contribution in [3.05, 3.63) is 35.5 Å². The van der Waals surface area contributed by atoms with Gasteiger partial charge in [0.05, 0.1) is 6.42 Å². The second kappa shape index (κ2) is 6.04. The third-order valence-electron chi connectivity index (χ3n) is 4.50. The number of nitrogens with one attached hydrogen (secondary N) is 2. The molecule has 2 heterocycles. The Hall–Kier alpha value is -2.34. The van der Waals surface area contributed by atoms with Crippen molar-refractivity contribution in [2.24, 2.45) is 0 Å². The van der Waals surface area contributed by atoms with Crippen molar-refractivity contribution in [2.45, 2.75) is 31.7 Å². The highest BCUT2D eigenvalue weighted by Gasteiger charge is 2.41. The Morgan fingerprint density at radius 3 is 2.70 bits per heavy atom. The number of fused-ring (bicyclic) bond motifs is 1. The molecule has 6 nitrogen and oxygen atoms in total. The first kappa shape index (κ1) is 15.6. The van der Waals surface area contributed by atoms with Gasteiger partial charge in [-0.05, 0) is 18.6 Å². The average molecular weight is 316 g/mol. The molecule has 1 aromatic carbocycles. The molecular formula is C17H20N2O4. The largest absolute Gasteiger partial charge is 0.480 e. The lowest BCUT2D eigenvalue weighted by Crippen LogP contribution is -2.57. The monoisotopic (exact) mass is 316 g/mol. The number of carboxylic acid groups (broad SMARTS) is 1. The summed E-state index contributed by atoms with van der Waals surface area (Å²) in [7, 11) is 0. The molecule has 1 aromatic heterocycles. The number of hydrogen-bond acceptors (Lipinski definition) is 3. The topological polar surface area (TPSA) is 91.4 Å². The van der Waals surface area contributed by atoms with Gasteiger partial charge in [-0.2, -0.15) is 0 Å². The fourth-order valence-corrected chi connectivity index (χ4v) is 3.15. The van der Waals surface area contributed by atoms with Crippen molar-refractivity contribution >= 4 is 22.8 Å². The van der Waals surface area contributed by atoms with E-state index in [1.807, 2.05) is 31.2 Å². The fourth-order valence-electron chi connectivity index (χ4n) is 3.15. The normalized spacial score (nSPS) is 17.1. The fraction of sp³-hybridized carbons (Fsp3) is 0.412. The Bertz CT molecular complexity index is 744. The number of aromatic nitrogens is 1. The van der Waals surface area contributed by atoms with Crippen LogP contribution in [0.1, 0.15) is 24.1 Å². The van der Waals surface area contributed by atoms with Crippen LogP contribution in [0.3, 0.4) is 0 Å². The van der Waals surface area contributed by atoms with Gasteiger partial charge in [0.2, 0.25) is 5.91 Å². The molecule has 0 atom stereocenters. The van der Waals surface area contributed by atoms with Gasteiger partial charge in [0.1, 0.15) is 5.54 Å². The van der Waals surface area contributed by atoms with E-state index in [2.05, 4.69) is 10.3 Å². The summed E-state index contributed by atoms with van der Waals surface area (Å²) in [6.45, 7) is 2.61. The lowest BCUT2D eigenvalue weighted by molar-refractivity contribution is -0.152. The van der Waals surface area contributed by atoms with Gasteiger partial charge in [-0.3, -0.25) is 4.79 Å². The summed E-state index contributed by atoms with van der Waals surface area (Å²) in [5.41, 5.74) is 1.60. The van der Waals surface area contributed by atoms with Gasteiger partial charge in [-0.1, -0.05) is 18.2 Å². The number of aliphatic carboxylic acids is 1. The van der Waals surface area contributed by atoms with Gasteiger partial charge in [-0.25, -0.2) is 4.79 Å². The summed E-state index contributed by atoms with van der Waals surface area (Å²) in [6.07, 6.45) is 0.744. The van der Waals surface area contributed by atoms with E-state index in [1.165, 1.54) is 0 Å². The molecule has 2 aromatic rings. The maximum atomic E-state index is 12.5. The Kier molecular flexibility index (Phi) is 4.09. The number of aromatic amines is 1. The van der Waals surface area contributed by atoms with Crippen LogP contribution in [0.25, 0.3) is 10.9 Å².